The number of cyclic esters (lactones) is 1. The lowest BCUT2D eigenvalue weighted by Crippen LogP contribution is -2.51. The number of pyridine rings is 1. The molecule has 1 aromatic carbocycles. The molecule has 0 spiro atoms. The number of nitriles is 1. The highest BCUT2D eigenvalue weighted by Gasteiger charge is 2.28. The third-order valence-corrected chi connectivity index (χ3v) is 5.99. The molecule has 8 heteroatoms. The van der Waals surface area contributed by atoms with Gasteiger partial charge in [-0.05, 0) is 36.2 Å². The molecule has 0 bridgehead atoms. The van der Waals surface area contributed by atoms with Gasteiger partial charge in [0.15, 0.2) is 0 Å². The van der Waals surface area contributed by atoms with Crippen LogP contribution in [0.2, 0.25) is 0 Å². The Bertz CT molecular complexity index is 1040. The van der Waals surface area contributed by atoms with Gasteiger partial charge < -0.3 is 14.7 Å². The molecule has 1 fully saturated rings. The summed E-state index contributed by atoms with van der Waals surface area (Å²) in [6.07, 6.45) is 1.43. The maximum atomic E-state index is 12.6. The average Bonchev–Trinajstić information content (AvgIpc) is 3.15. The average molecular weight is 420 g/mol. The number of piperazine rings is 1. The Balaban J connectivity index is 1.31. The van der Waals surface area contributed by atoms with E-state index >= 15 is 0 Å². The Morgan fingerprint density at radius 3 is 2.81 bits per heavy atom. The zero-order valence-corrected chi connectivity index (χ0v) is 17.4. The van der Waals surface area contributed by atoms with Crippen molar-refractivity contribution >= 4 is 11.9 Å². The normalized spacial score (nSPS) is 17.3. The number of rotatable bonds is 6. The molecular weight excluding hydrogens is 396 g/mol. The number of aliphatic hydroxyl groups is 1. The summed E-state index contributed by atoms with van der Waals surface area (Å²) in [7, 11) is 0. The van der Waals surface area contributed by atoms with Gasteiger partial charge in [0.05, 0.1) is 23.8 Å². The second-order valence-electron chi connectivity index (χ2n) is 7.91. The van der Waals surface area contributed by atoms with Crippen LogP contribution in [0.4, 0.5) is 0 Å². The van der Waals surface area contributed by atoms with E-state index in [1.54, 1.807) is 24.4 Å². The minimum atomic E-state index is -0.747. The van der Waals surface area contributed by atoms with Crippen LogP contribution >= 0.6 is 0 Å². The topological polar surface area (TPSA) is 107 Å². The van der Waals surface area contributed by atoms with Crippen molar-refractivity contribution in [2.24, 2.45) is 0 Å². The first-order valence-electron chi connectivity index (χ1n) is 10.3. The van der Waals surface area contributed by atoms with Gasteiger partial charge in [-0.1, -0.05) is 6.07 Å². The molecule has 2 aliphatic rings. The van der Waals surface area contributed by atoms with Crippen LogP contribution in [-0.4, -0.2) is 64.5 Å². The largest absolute Gasteiger partial charge is 0.457 e. The Labute approximate surface area is 180 Å². The van der Waals surface area contributed by atoms with Crippen molar-refractivity contribution in [1.82, 2.24) is 14.8 Å². The summed E-state index contributed by atoms with van der Waals surface area (Å²) in [6, 6.07) is 9.06. The molecule has 8 nitrogen and oxygen atoms in total. The van der Waals surface area contributed by atoms with E-state index in [0.29, 0.717) is 43.7 Å². The molecule has 4 rings (SSSR count). The Kier molecular flexibility index (Phi) is 5.98. The minimum Gasteiger partial charge on any atom is -0.457 e. The maximum absolute atomic E-state index is 12.6. The van der Waals surface area contributed by atoms with Crippen LogP contribution in [0.25, 0.3) is 0 Å². The van der Waals surface area contributed by atoms with E-state index in [9.17, 15) is 14.7 Å². The van der Waals surface area contributed by atoms with Crippen molar-refractivity contribution in [2.75, 3.05) is 32.7 Å². The number of carbonyl (C=O) groups is 2. The van der Waals surface area contributed by atoms with Crippen LogP contribution in [0.3, 0.4) is 0 Å². The first kappa shape index (κ1) is 21.0. The zero-order valence-electron chi connectivity index (χ0n) is 17.4. The van der Waals surface area contributed by atoms with Gasteiger partial charge in [-0.15, -0.1) is 0 Å². The standard InChI is InChI=1S/C23H24N4O4/c1-15-18(4-5-19-20(15)14-31-23(19)30)21(28)12-26-8-9-27(22(29)13-26)7-6-17-3-2-16(10-24)11-25-17/h2-5,11,21,28H,6-9,12-14H2,1H3. The molecule has 1 atom stereocenters. The van der Waals surface area contributed by atoms with Crippen LogP contribution in [-0.2, 0) is 22.6 Å². The smallest absolute Gasteiger partial charge is 0.338 e. The first-order chi connectivity index (χ1) is 15.0. The molecule has 0 saturated carbocycles. The molecule has 3 heterocycles. The number of aromatic nitrogens is 1. The minimum absolute atomic E-state index is 0.0248. The summed E-state index contributed by atoms with van der Waals surface area (Å²) in [5.41, 5.74) is 4.39. The SMILES string of the molecule is Cc1c(C(O)CN2CCN(CCc3ccc(C#N)cn3)C(=O)C2)ccc2c1COC2=O. The number of hydrogen-bond acceptors (Lipinski definition) is 7. The van der Waals surface area contributed by atoms with E-state index in [-0.39, 0.29) is 25.0 Å². The van der Waals surface area contributed by atoms with Crippen molar-refractivity contribution in [3.63, 3.8) is 0 Å². The highest BCUT2D eigenvalue weighted by atomic mass is 16.5. The highest BCUT2D eigenvalue weighted by Crippen LogP contribution is 2.29. The predicted molar refractivity (Wildman–Crippen MR) is 111 cm³/mol. The lowest BCUT2D eigenvalue weighted by atomic mass is 9.95. The molecule has 1 aromatic heterocycles. The van der Waals surface area contributed by atoms with Crippen molar-refractivity contribution in [3.05, 3.63) is 64.0 Å². The van der Waals surface area contributed by atoms with Gasteiger partial charge in [-0.3, -0.25) is 14.7 Å². The number of aliphatic hydroxyl groups excluding tert-OH is 1. The fourth-order valence-corrected chi connectivity index (χ4v) is 4.11. The number of esters is 1. The second kappa shape index (κ2) is 8.84. The number of benzene rings is 1. The van der Waals surface area contributed by atoms with Crippen LogP contribution < -0.4 is 0 Å². The van der Waals surface area contributed by atoms with Gasteiger partial charge in [-0.25, -0.2) is 4.79 Å². The Hall–Kier alpha value is -3.28. The van der Waals surface area contributed by atoms with E-state index in [4.69, 9.17) is 10.00 Å². The molecule has 2 aliphatic heterocycles. The molecule has 1 amide bonds. The number of ether oxygens (including phenoxy) is 1. The van der Waals surface area contributed by atoms with E-state index in [1.165, 1.54) is 0 Å². The van der Waals surface area contributed by atoms with Crippen molar-refractivity contribution < 1.29 is 19.4 Å². The quantitative estimate of drug-likeness (QED) is 0.703. The maximum Gasteiger partial charge on any atom is 0.338 e. The molecule has 160 valence electrons. The third-order valence-electron chi connectivity index (χ3n) is 5.99. The predicted octanol–water partition coefficient (Wildman–Crippen LogP) is 1.35. The van der Waals surface area contributed by atoms with Gasteiger partial charge in [-0.2, -0.15) is 5.26 Å². The third kappa shape index (κ3) is 4.43. The van der Waals surface area contributed by atoms with Gasteiger partial charge in [0, 0.05) is 50.1 Å². The van der Waals surface area contributed by atoms with Crippen LogP contribution in [0.15, 0.2) is 30.5 Å². The molecule has 1 unspecified atom stereocenters. The molecule has 31 heavy (non-hydrogen) atoms. The number of hydrogen-bond donors (Lipinski definition) is 1. The van der Waals surface area contributed by atoms with Crippen LogP contribution in [0, 0.1) is 18.3 Å². The van der Waals surface area contributed by atoms with Crippen LogP contribution in [0.5, 0.6) is 0 Å². The Morgan fingerprint density at radius 1 is 1.26 bits per heavy atom. The fourth-order valence-electron chi connectivity index (χ4n) is 4.11. The summed E-state index contributed by atoms with van der Waals surface area (Å²) >= 11 is 0. The Morgan fingerprint density at radius 2 is 2.10 bits per heavy atom. The van der Waals surface area contributed by atoms with Gasteiger partial charge in [0.25, 0.3) is 0 Å². The summed E-state index contributed by atoms with van der Waals surface area (Å²) in [4.78, 5) is 32.3. The second-order valence-corrected chi connectivity index (χ2v) is 7.91. The lowest BCUT2D eigenvalue weighted by molar-refractivity contribution is -0.136. The number of fused-ring (bicyclic) bond motifs is 1. The van der Waals surface area contributed by atoms with E-state index < -0.39 is 6.10 Å². The number of carbonyl (C=O) groups excluding carboxylic acids is 2. The summed E-state index contributed by atoms with van der Waals surface area (Å²) < 4.78 is 5.08. The number of β-amino-alcohol motifs (C(OH)–C–C–N with tert-alkyl or cyclic N) is 1. The van der Waals surface area contributed by atoms with E-state index in [2.05, 4.69) is 4.98 Å². The summed E-state index contributed by atoms with van der Waals surface area (Å²) in [5.74, 6) is -0.297. The van der Waals surface area contributed by atoms with Gasteiger partial charge >= 0.3 is 5.97 Å². The lowest BCUT2D eigenvalue weighted by Gasteiger charge is -2.35. The monoisotopic (exact) mass is 420 g/mol. The summed E-state index contributed by atoms with van der Waals surface area (Å²) in [5, 5.41) is 19.6. The fraction of sp³-hybridized carbons (Fsp3) is 0.391. The van der Waals surface area contributed by atoms with Crippen molar-refractivity contribution in [3.8, 4) is 6.07 Å². The van der Waals surface area contributed by atoms with Gasteiger partial charge in [0.1, 0.15) is 12.7 Å². The summed E-state index contributed by atoms with van der Waals surface area (Å²) in [6.45, 7) is 4.58. The molecular formula is C23H24N4O4. The molecule has 0 aliphatic carbocycles. The zero-order chi connectivity index (χ0) is 22.0. The van der Waals surface area contributed by atoms with Crippen molar-refractivity contribution in [2.45, 2.75) is 26.1 Å². The van der Waals surface area contributed by atoms with E-state index in [0.717, 1.165) is 22.4 Å². The van der Waals surface area contributed by atoms with Gasteiger partial charge in [0.2, 0.25) is 5.91 Å². The molecule has 0 radical (unpaired) electrons. The molecule has 1 N–H and O–H groups in total. The highest BCUT2D eigenvalue weighted by molar-refractivity contribution is 5.94. The van der Waals surface area contributed by atoms with Crippen molar-refractivity contribution in [1.29, 1.82) is 5.26 Å². The first-order valence-corrected chi connectivity index (χ1v) is 10.3. The number of nitrogens with zero attached hydrogens (tertiary/aromatic N) is 4. The molecule has 2 aromatic rings. The number of amides is 1. The molecule has 1 saturated heterocycles. The van der Waals surface area contributed by atoms with E-state index in [1.807, 2.05) is 28.9 Å². The van der Waals surface area contributed by atoms with Crippen LogP contribution in [0.1, 0.15) is 44.4 Å².